The number of hydrogen-bond acceptors (Lipinski definition) is 6. The minimum atomic E-state index is -4.55. The minimum Gasteiger partial charge on any atom is -0.334 e. The van der Waals surface area contributed by atoms with E-state index in [0.29, 0.717) is 10.7 Å². The van der Waals surface area contributed by atoms with Gasteiger partial charge in [-0.2, -0.15) is 13.2 Å². The number of nitro groups is 1. The molecule has 0 amide bonds. The lowest BCUT2D eigenvalue weighted by atomic mass is 10.2. The Balaban J connectivity index is 1.98. The zero-order valence-corrected chi connectivity index (χ0v) is 15.5. The van der Waals surface area contributed by atoms with Crippen LogP contribution in [0, 0.1) is 17.0 Å². The molecular weight excluding hydrogens is 411 g/mol. The molecule has 0 saturated carbocycles. The quantitative estimate of drug-likeness (QED) is 0.395. The molecule has 150 valence electrons. The summed E-state index contributed by atoms with van der Waals surface area (Å²) in [5.41, 5.74) is -0.164. The predicted molar refractivity (Wildman–Crippen MR) is 103 cm³/mol. The standard InChI is InChI=1S/C18H13ClF3N5O2/c1-10-7-12(19)5-6-14(10)26-17-15(27(28)29)16(23-9-24-17)25-13-4-2-3-11(8-13)18(20,21)22/h2-9H,1H3,(H2,23,24,25,26). The highest BCUT2D eigenvalue weighted by Crippen LogP contribution is 2.35. The molecule has 1 heterocycles. The van der Waals surface area contributed by atoms with Gasteiger partial charge in [0.2, 0.25) is 11.6 Å². The van der Waals surface area contributed by atoms with Crippen molar-refractivity contribution in [2.45, 2.75) is 13.1 Å². The van der Waals surface area contributed by atoms with Crippen LogP contribution in [0.2, 0.25) is 5.02 Å². The summed E-state index contributed by atoms with van der Waals surface area (Å²) < 4.78 is 38.7. The fraction of sp³-hybridized carbons (Fsp3) is 0.111. The van der Waals surface area contributed by atoms with Gasteiger partial charge in [0.15, 0.2) is 0 Å². The monoisotopic (exact) mass is 423 g/mol. The summed E-state index contributed by atoms with van der Waals surface area (Å²) in [6, 6.07) is 9.16. The van der Waals surface area contributed by atoms with Crippen LogP contribution >= 0.6 is 11.6 Å². The first-order valence-corrected chi connectivity index (χ1v) is 8.50. The number of aromatic nitrogens is 2. The largest absolute Gasteiger partial charge is 0.416 e. The lowest BCUT2D eigenvalue weighted by molar-refractivity contribution is -0.383. The van der Waals surface area contributed by atoms with Gasteiger partial charge in [-0.15, -0.1) is 0 Å². The molecule has 1 aromatic heterocycles. The second-order valence-corrected chi connectivity index (χ2v) is 6.40. The molecular formula is C18H13ClF3N5O2. The first kappa shape index (κ1) is 20.3. The number of nitrogens with one attached hydrogen (secondary N) is 2. The second-order valence-electron chi connectivity index (χ2n) is 5.96. The maximum Gasteiger partial charge on any atom is 0.416 e. The smallest absolute Gasteiger partial charge is 0.334 e. The van der Waals surface area contributed by atoms with Crippen molar-refractivity contribution >= 4 is 40.3 Å². The van der Waals surface area contributed by atoms with Crippen molar-refractivity contribution in [3.8, 4) is 0 Å². The Labute approximate surface area is 167 Å². The molecule has 0 aliphatic heterocycles. The highest BCUT2D eigenvalue weighted by molar-refractivity contribution is 6.30. The fourth-order valence-electron chi connectivity index (χ4n) is 2.54. The van der Waals surface area contributed by atoms with E-state index in [4.69, 9.17) is 11.6 Å². The Morgan fingerprint density at radius 3 is 2.38 bits per heavy atom. The van der Waals surface area contributed by atoms with Gasteiger partial charge in [-0.05, 0) is 48.9 Å². The zero-order valence-electron chi connectivity index (χ0n) is 14.8. The SMILES string of the molecule is Cc1cc(Cl)ccc1Nc1ncnc(Nc2cccc(C(F)(F)F)c2)c1[N+](=O)[O-]. The molecule has 0 saturated heterocycles. The van der Waals surface area contributed by atoms with Crippen molar-refractivity contribution in [2.24, 2.45) is 0 Å². The summed E-state index contributed by atoms with van der Waals surface area (Å²) in [6.45, 7) is 1.75. The number of hydrogen-bond donors (Lipinski definition) is 2. The molecule has 2 aromatic carbocycles. The molecule has 0 fully saturated rings. The molecule has 0 radical (unpaired) electrons. The topological polar surface area (TPSA) is 93.0 Å². The van der Waals surface area contributed by atoms with Crippen molar-refractivity contribution in [3.05, 3.63) is 75.1 Å². The summed E-state index contributed by atoms with van der Waals surface area (Å²) in [5, 5.41) is 17.5. The molecule has 0 aliphatic carbocycles. The summed E-state index contributed by atoms with van der Waals surface area (Å²) >= 11 is 5.91. The van der Waals surface area contributed by atoms with Crippen LogP contribution in [0.3, 0.4) is 0 Å². The summed E-state index contributed by atoms with van der Waals surface area (Å²) in [5.74, 6) is -0.372. The van der Waals surface area contributed by atoms with Crippen LogP contribution in [-0.4, -0.2) is 14.9 Å². The lowest BCUT2D eigenvalue weighted by Crippen LogP contribution is -2.07. The van der Waals surface area contributed by atoms with Gasteiger partial charge in [0, 0.05) is 16.4 Å². The number of anilines is 4. The normalized spacial score (nSPS) is 11.2. The van der Waals surface area contributed by atoms with E-state index < -0.39 is 22.4 Å². The highest BCUT2D eigenvalue weighted by atomic mass is 35.5. The van der Waals surface area contributed by atoms with E-state index >= 15 is 0 Å². The molecule has 7 nitrogen and oxygen atoms in total. The molecule has 3 rings (SSSR count). The molecule has 0 aliphatic rings. The van der Waals surface area contributed by atoms with E-state index in [0.717, 1.165) is 24.0 Å². The molecule has 2 N–H and O–H groups in total. The van der Waals surface area contributed by atoms with Gasteiger partial charge in [0.1, 0.15) is 6.33 Å². The van der Waals surface area contributed by atoms with E-state index in [9.17, 15) is 23.3 Å². The molecule has 0 spiro atoms. The second kappa shape index (κ2) is 7.92. The van der Waals surface area contributed by atoms with Crippen molar-refractivity contribution in [3.63, 3.8) is 0 Å². The average molecular weight is 424 g/mol. The first-order valence-electron chi connectivity index (χ1n) is 8.12. The third kappa shape index (κ3) is 4.72. The number of halogens is 4. The molecule has 0 unspecified atom stereocenters. The minimum absolute atomic E-state index is 0.00440. The third-order valence-corrected chi connectivity index (χ3v) is 4.13. The van der Waals surface area contributed by atoms with Crippen LogP contribution in [-0.2, 0) is 6.18 Å². The van der Waals surface area contributed by atoms with E-state index in [2.05, 4.69) is 20.6 Å². The molecule has 29 heavy (non-hydrogen) atoms. The predicted octanol–water partition coefficient (Wildman–Crippen LogP) is 5.85. The maximum absolute atomic E-state index is 12.9. The van der Waals surface area contributed by atoms with Crippen molar-refractivity contribution in [1.29, 1.82) is 0 Å². The van der Waals surface area contributed by atoms with Gasteiger partial charge >= 0.3 is 11.9 Å². The third-order valence-electron chi connectivity index (χ3n) is 3.90. The Morgan fingerprint density at radius 2 is 1.76 bits per heavy atom. The van der Waals surface area contributed by atoms with Crippen LogP contribution < -0.4 is 10.6 Å². The number of rotatable bonds is 5. The molecule has 3 aromatic rings. The Morgan fingerprint density at radius 1 is 1.07 bits per heavy atom. The number of aryl methyl sites for hydroxylation is 1. The Kier molecular flexibility index (Phi) is 5.55. The van der Waals surface area contributed by atoms with Gasteiger partial charge in [-0.3, -0.25) is 10.1 Å². The molecule has 0 bridgehead atoms. The fourth-order valence-corrected chi connectivity index (χ4v) is 2.77. The van der Waals surface area contributed by atoms with Gasteiger partial charge < -0.3 is 10.6 Å². The number of benzene rings is 2. The van der Waals surface area contributed by atoms with E-state index in [1.807, 2.05) is 0 Å². The highest BCUT2D eigenvalue weighted by Gasteiger charge is 2.31. The van der Waals surface area contributed by atoms with Gasteiger partial charge in [-0.25, -0.2) is 9.97 Å². The lowest BCUT2D eigenvalue weighted by Gasteiger charge is -2.13. The van der Waals surface area contributed by atoms with E-state index in [1.54, 1.807) is 25.1 Å². The summed E-state index contributed by atoms with van der Waals surface area (Å²) in [7, 11) is 0. The van der Waals surface area contributed by atoms with Crippen molar-refractivity contribution < 1.29 is 18.1 Å². The number of alkyl halides is 3. The number of nitrogens with zero attached hydrogens (tertiary/aromatic N) is 3. The van der Waals surface area contributed by atoms with Gasteiger partial charge in [-0.1, -0.05) is 17.7 Å². The Bertz CT molecular complexity index is 1080. The molecule has 0 atom stereocenters. The average Bonchev–Trinajstić information content (AvgIpc) is 2.63. The summed E-state index contributed by atoms with van der Waals surface area (Å²) in [6.07, 6.45) is -3.48. The Hall–Kier alpha value is -3.40. The maximum atomic E-state index is 12.9. The molecule has 11 heteroatoms. The van der Waals surface area contributed by atoms with Crippen LogP contribution in [0.5, 0.6) is 0 Å². The van der Waals surface area contributed by atoms with E-state index in [1.165, 1.54) is 12.1 Å². The van der Waals surface area contributed by atoms with Crippen molar-refractivity contribution in [1.82, 2.24) is 9.97 Å². The summed E-state index contributed by atoms with van der Waals surface area (Å²) in [4.78, 5) is 18.6. The van der Waals surface area contributed by atoms with Crippen LogP contribution in [0.4, 0.5) is 41.9 Å². The van der Waals surface area contributed by atoms with E-state index in [-0.39, 0.29) is 17.3 Å². The van der Waals surface area contributed by atoms with Crippen LogP contribution in [0.25, 0.3) is 0 Å². The zero-order chi connectivity index (χ0) is 21.2. The van der Waals surface area contributed by atoms with Crippen LogP contribution in [0.1, 0.15) is 11.1 Å². The first-order chi connectivity index (χ1) is 13.6. The van der Waals surface area contributed by atoms with Gasteiger partial charge in [0.05, 0.1) is 10.5 Å². The van der Waals surface area contributed by atoms with Crippen molar-refractivity contribution in [2.75, 3.05) is 10.6 Å². The van der Waals surface area contributed by atoms with Gasteiger partial charge in [0.25, 0.3) is 0 Å². The van der Waals surface area contributed by atoms with Crippen LogP contribution in [0.15, 0.2) is 48.8 Å².